The molecule has 0 aliphatic heterocycles. The predicted octanol–water partition coefficient (Wildman–Crippen LogP) is 2.81. The van der Waals surface area contributed by atoms with Gasteiger partial charge in [-0.3, -0.25) is 4.90 Å². The normalized spacial score (nSPS) is 19.6. The van der Waals surface area contributed by atoms with E-state index in [4.69, 9.17) is 5.73 Å². The molecule has 94 valence electrons. The molecule has 2 atom stereocenters. The summed E-state index contributed by atoms with van der Waals surface area (Å²) in [6, 6.07) is 11.8. The van der Waals surface area contributed by atoms with E-state index in [1.54, 1.807) is 0 Å². The smallest absolute Gasteiger partial charge is 0.0455 e. The van der Waals surface area contributed by atoms with Crippen molar-refractivity contribution in [2.45, 2.75) is 44.8 Å². The van der Waals surface area contributed by atoms with Crippen LogP contribution in [0, 0.1) is 5.92 Å². The average Bonchev–Trinajstić information content (AvgIpc) is 3.13. The largest absolute Gasteiger partial charge is 0.323 e. The first-order valence-corrected chi connectivity index (χ1v) is 6.63. The second-order valence-electron chi connectivity index (χ2n) is 5.57. The molecule has 2 nitrogen and oxygen atoms in total. The maximum atomic E-state index is 6.47. The quantitative estimate of drug-likeness (QED) is 0.846. The van der Waals surface area contributed by atoms with E-state index >= 15 is 0 Å². The van der Waals surface area contributed by atoms with Crippen LogP contribution in [-0.4, -0.2) is 24.0 Å². The van der Waals surface area contributed by atoms with Crippen LogP contribution in [0.3, 0.4) is 0 Å². The van der Waals surface area contributed by atoms with E-state index in [1.807, 2.05) is 6.07 Å². The highest BCUT2D eigenvalue weighted by Crippen LogP contribution is 2.33. The first-order chi connectivity index (χ1) is 8.11. The number of rotatable bonds is 5. The molecule has 2 unspecified atom stereocenters. The predicted molar refractivity (Wildman–Crippen MR) is 72.8 cm³/mol. The molecular weight excluding hydrogens is 208 g/mol. The molecule has 2 N–H and O–H groups in total. The standard InChI is InChI=1S/C15H24N2/c1-11(2)15(17(3)13-9-10-13)14(16)12-7-5-4-6-8-12/h4-8,11,13-15H,9-10,16H2,1-3H3. The fourth-order valence-electron chi connectivity index (χ4n) is 2.74. The van der Waals surface area contributed by atoms with Gasteiger partial charge in [0.15, 0.2) is 0 Å². The SMILES string of the molecule is CC(C)C(C(N)c1ccccc1)N(C)C1CC1. The van der Waals surface area contributed by atoms with Gasteiger partial charge in [-0.2, -0.15) is 0 Å². The van der Waals surface area contributed by atoms with Gasteiger partial charge in [0, 0.05) is 18.1 Å². The summed E-state index contributed by atoms with van der Waals surface area (Å²) >= 11 is 0. The van der Waals surface area contributed by atoms with E-state index < -0.39 is 0 Å². The van der Waals surface area contributed by atoms with Gasteiger partial charge in [0.2, 0.25) is 0 Å². The molecule has 1 fully saturated rings. The van der Waals surface area contributed by atoms with Crippen LogP contribution < -0.4 is 5.73 Å². The van der Waals surface area contributed by atoms with E-state index in [9.17, 15) is 0 Å². The Morgan fingerprint density at radius 3 is 2.24 bits per heavy atom. The first-order valence-electron chi connectivity index (χ1n) is 6.63. The Hall–Kier alpha value is -0.860. The lowest BCUT2D eigenvalue weighted by Gasteiger charge is -2.36. The lowest BCUT2D eigenvalue weighted by molar-refractivity contribution is 0.155. The third kappa shape index (κ3) is 2.88. The van der Waals surface area contributed by atoms with Crippen molar-refractivity contribution >= 4 is 0 Å². The highest BCUT2D eigenvalue weighted by Gasteiger charge is 2.35. The molecule has 0 amide bonds. The van der Waals surface area contributed by atoms with Gasteiger partial charge >= 0.3 is 0 Å². The third-order valence-electron chi connectivity index (χ3n) is 3.83. The zero-order chi connectivity index (χ0) is 12.4. The number of benzene rings is 1. The Morgan fingerprint density at radius 2 is 1.76 bits per heavy atom. The Balaban J connectivity index is 2.15. The van der Waals surface area contributed by atoms with Crippen molar-refractivity contribution in [2.24, 2.45) is 11.7 Å². The van der Waals surface area contributed by atoms with Crippen molar-refractivity contribution < 1.29 is 0 Å². The lowest BCUT2D eigenvalue weighted by Crippen LogP contribution is -2.45. The van der Waals surface area contributed by atoms with Crippen LogP contribution in [0.4, 0.5) is 0 Å². The fraction of sp³-hybridized carbons (Fsp3) is 0.600. The Morgan fingerprint density at radius 1 is 1.18 bits per heavy atom. The lowest BCUT2D eigenvalue weighted by atomic mass is 9.90. The molecule has 1 saturated carbocycles. The number of hydrogen-bond donors (Lipinski definition) is 1. The molecule has 0 aromatic heterocycles. The minimum absolute atomic E-state index is 0.113. The molecule has 2 heteroatoms. The maximum absolute atomic E-state index is 6.47. The third-order valence-corrected chi connectivity index (χ3v) is 3.83. The Labute approximate surface area is 105 Å². The van der Waals surface area contributed by atoms with Gasteiger partial charge in [0.1, 0.15) is 0 Å². The Kier molecular flexibility index (Phi) is 3.85. The van der Waals surface area contributed by atoms with E-state index in [-0.39, 0.29) is 6.04 Å². The zero-order valence-electron chi connectivity index (χ0n) is 11.1. The maximum Gasteiger partial charge on any atom is 0.0455 e. The topological polar surface area (TPSA) is 29.3 Å². The van der Waals surface area contributed by atoms with E-state index in [2.05, 4.69) is 50.1 Å². The molecule has 0 saturated heterocycles. The average molecular weight is 232 g/mol. The molecule has 17 heavy (non-hydrogen) atoms. The van der Waals surface area contributed by atoms with Crippen molar-refractivity contribution in [3.63, 3.8) is 0 Å². The molecule has 2 rings (SSSR count). The van der Waals surface area contributed by atoms with Crippen molar-refractivity contribution in [3.8, 4) is 0 Å². The fourth-order valence-corrected chi connectivity index (χ4v) is 2.74. The molecular formula is C15H24N2. The van der Waals surface area contributed by atoms with Crippen molar-refractivity contribution in [2.75, 3.05) is 7.05 Å². The second-order valence-corrected chi connectivity index (χ2v) is 5.57. The summed E-state index contributed by atoms with van der Waals surface area (Å²) in [6.45, 7) is 4.54. The van der Waals surface area contributed by atoms with Gasteiger partial charge in [0.05, 0.1) is 0 Å². The summed E-state index contributed by atoms with van der Waals surface area (Å²) in [7, 11) is 2.23. The number of nitrogens with two attached hydrogens (primary N) is 1. The highest BCUT2D eigenvalue weighted by atomic mass is 15.2. The minimum Gasteiger partial charge on any atom is -0.323 e. The molecule has 1 aliphatic carbocycles. The van der Waals surface area contributed by atoms with Crippen molar-refractivity contribution in [1.82, 2.24) is 4.90 Å². The summed E-state index contributed by atoms with van der Waals surface area (Å²) in [6.07, 6.45) is 2.67. The van der Waals surface area contributed by atoms with Gasteiger partial charge in [-0.1, -0.05) is 44.2 Å². The summed E-state index contributed by atoms with van der Waals surface area (Å²) in [5.41, 5.74) is 7.71. The van der Waals surface area contributed by atoms with Crippen molar-refractivity contribution in [1.29, 1.82) is 0 Å². The van der Waals surface area contributed by atoms with Gasteiger partial charge in [-0.05, 0) is 31.4 Å². The minimum atomic E-state index is 0.113. The molecule has 1 aromatic rings. The van der Waals surface area contributed by atoms with Gasteiger partial charge in [-0.25, -0.2) is 0 Å². The number of nitrogens with zero attached hydrogens (tertiary/aromatic N) is 1. The number of hydrogen-bond acceptors (Lipinski definition) is 2. The summed E-state index contributed by atoms with van der Waals surface area (Å²) in [5, 5.41) is 0. The first kappa shape index (κ1) is 12.6. The van der Waals surface area contributed by atoms with E-state index in [0.717, 1.165) is 6.04 Å². The van der Waals surface area contributed by atoms with Crippen LogP contribution in [0.2, 0.25) is 0 Å². The van der Waals surface area contributed by atoms with Crippen molar-refractivity contribution in [3.05, 3.63) is 35.9 Å². The van der Waals surface area contributed by atoms with E-state index in [1.165, 1.54) is 18.4 Å². The van der Waals surface area contributed by atoms with Crippen LogP contribution >= 0.6 is 0 Å². The second kappa shape index (κ2) is 5.19. The monoisotopic (exact) mass is 232 g/mol. The summed E-state index contributed by atoms with van der Waals surface area (Å²) in [5.74, 6) is 0.579. The van der Waals surface area contributed by atoms with Crippen LogP contribution in [0.15, 0.2) is 30.3 Å². The zero-order valence-corrected chi connectivity index (χ0v) is 11.1. The van der Waals surface area contributed by atoms with Crippen LogP contribution in [0.1, 0.15) is 38.3 Å². The summed E-state index contributed by atoms with van der Waals surface area (Å²) < 4.78 is 0. The Bertz CT molecular complexity index is 343. The van der Waals surface area contributed by atoms with Crippen LogP contribution in [0.5, 0.6) is 0 Å². The number of likely N-dealkylation sites (N-methyl/N-ethyl adjacent to an activating group) is 1. The van der Waals surface area contributed by atoms with Gasteiger partial charge < -0.3 is 5.73 Å². The molecule has 0 spiro atoms. The molecule has 0 heterocycles. The molecule has 0 bridgehead atoms. The van der Waals surface area contributed by atoms with Gasteiger partial charge in [0.25, 0.3) is 0 Å². The van der Waals surface area contributed by atoms with Crippen LogP contribution in [0.25, 0.3) is 0 Å². The molecule has 1 aromatic carbocycles. The molecule has 0 radical (unpaired) electrons. The highest BCUT2D eigenvalue weighted by molar-refractivity contribution is 5.20. The van der Waals surface area contributed by atoms with Gasteiger partial charge in [-0.15, -0.1) is 0 Å². The van der Waals surface area contributed by atoms with E-state index in [0.29, 0.717) is 12.0 Å². The summed E-state index contributed by atoms with van der Waals surface area (Å²) in [4.78, 5) is 2.49. The van der Waals surface area contributed by atoms with Crippen LogP contribution in [-0.2, 0) is 0 Å². The molecule has 1 aliphatic rings.